The summed E-state index contributed by atoms with van der Waals surface area (Å²) in [6, 6.07) is 0. The first-order valence-corrected chi connectivity index (χ1v) is 3.57. The van der Waals surface area contributed by atoms with E-state index in [0.29, 0.717) is 12.2 Å². The summed E-state index contributed by atoms with van der Waals surface area (Å²) < 4.78 is 0. The average molecular weight is 135 g/mol. The van der Waals surface area contributed by atoms with Gasteiger partial charge in [0.1, 0.15) is 0 Å². The van der Waals surface area contributed by atoms with Crippen molar-refractivity contribution < 1.29 is 4.79 Å². The first kappa shape index (κ1) is 5.83. The Morgan fingerprint density at radius 2 is 2.20 bits per heavy atom. The predicted octanol–water partition coefficient (Wildman–Crippen LogP) is 1.47. The maximum atomic E-state index is 11.1. The highest BCUT2D eigenvalue weighted by Gasteiger charge is 2.26. The molecule has 0 atom stereocenters. The van der Waals surface area contributed by atoms with E-state index in [4.69, 9.17) is 0 Å². The smallest absolute Gasteiger partial charge is 0.161 e. The quantitative estimate of drug-likeness (QED) is 0.494. The molecule has 52 valence electrons. The van der Waals surface area contributed by atoms with Crippen molar-refractivity contribution in [1.29, 1.82) is 0 Å². The van der Waals surface area contributed by atoms with Gasteiger partial charge in [0.2, 0.25) is 0 Å². The number of rotatable bonds is 0. The minimum Gasteiger partial charge on any atom is -0.294 e. The van der Waals surface area contributed by atoms with Crippen LogP contribution >= 0.6 is 0 Å². The number of carbonyl (C=O) groups is 1. The third-order valence-corrected chi connectivity index (χ3v) is 2.03. The van der Waals surface area contributed by atoms with E-state index in [1.165, 1.54) is 0 Å². The molecule has 2 aliphatic rings. The third kappa shape index (κ3) is 0.649. The second kappa shape index (κ2) is 1.78. The van der Waals surface area contributed by atoms with E-state index in [-0.39, 0.29) is 0 Å². The van der Waals surface area contributed by atoms with Crippen LogP contribution in [-0.4, -0.2) is 11.5 Å². The van der Waals surface area contributed by atoms with E-state index in [0.717, 1.165) is 29.8 Å². The van der Waals surface area contributed by atoms with E-state index < -0.39 is 0 Å². The average Bonchev–Trinajstić information content (AvgIpc) is 2.35. The zero-order valence-electron chi connectivity index (χ0n) is 5.98. The standard InChI is InChI=1S/C8H9NO/c1-5-4-6-7(9-5)2-3-8(6)10/h2-4H2,1H3. The molecule has 0 aromatic rings. The van der Waals surface area contributed by atoms with Crippen LogP contribution in [0, 0.1) is 0 Å². The molecule has 0 saturated heterocycles. The second-order valence-electron chi connectivity index (χ2n) is 2.87. The number of hydrogen-bond acceptors (Lipinski definition) is 2. The van der Waals surface area contributed by atoms with Crippen LogP contribution in [0.1, 0.15) is 26.2 Å². The molecular formula is C8H9NO. The number of carbonyl (C=O) groups excluding carboxylic acids is 1. The summed E-state index contributed by atoms with van der Waals surface area (Å²) in [4.78, 5) is 15.3. The van der Waals surface area contributed by atoms with Gasteiger partial charge in [-0.15, -0.1) is 0 Å². The van der Waals surface area contributed by atoms with Crippen molar-refractivity contribution in [1.82, 2.24) is 0 Å². The summed E-state index contributed by atoms with van der Waals surface area (Å²) in [6.07, 6.45) is 2.39. The summed E-state index contributed by atoms with van der Waals surface area (Å²) in [7, 11) is 0. The summed E-state index contributed by atoms with van der Waals surface area (Å²) in [5.74, 6) is 0.315. The molecule has 0 aromatic carbocycles. The number of allylic oxidation sites excluding steroid dienone is 2. The fraction of sp³-hybridized carbons (Fsp3) is 0.500. The first-order chi connectivity index (χ1) is 4.77. The summed E-state index contributed by atoms with van der Waals surface area (Å²) in [6.45, 7) is 1.98. The number of ketones is 1. The lowest BCUT2D eigenvalue weighted by molar-refractivity contribution is -0.114. The summed E-state index contributed by atoms with van der Waals surface area (Å²) >= 11 is 0. The van der Waals surface area contributed by atoms with Gasteiger partial charge in [-0.25, -0.2) is 0 Å². The number of Topliss-reactive ketones (excluding diaryl/α,β-unsaturated/α-hetero) is 1. The van der Waals surface area contributed by atoms with Crippen molar-refractivity contribution in [3.63, 3.8) is 0 Å². The van der Waals surface area contributed by atoms with Crippen molar-refractivity contribution in [3.05, 3.63) is 11.3 Å². The van der Waals surface area contributed by atoms with Crippen molar-refractivity contribution in [2.45, 2.75) is 26.2 Å². The molecule has 0 amide bonds. The largest absolute Gasteiger partial charge is 0.294 e. The molecule has 0 aromatic heterocycles. The lowest BCUT2D eigenvalue weighted by atomic mass is 10.1. The van der Waals surface area contributed by atoms with E-state index >= 15 is 0 Å². The van der Waals surface area contributed by atoms with E-state index in [9.17, 15) is 4.79 Å². The molecule has 1 aliphatic heterocycles. The Hall–Kier alpha value is -0.920. The zero-order valence-corrected chi connectivity index (χ0v) is 5.98. The van der Waals surface area contributed by atoms with Gasteiger partial charge in [0.15, 0.2) is 5.78 Å². The van der Waals surface area contributed by atoms with Crippen LogP contribution in [0.15, 0.2) is 16.3 Å². The molecule has 2 rings (SSSR count). The molecular weight excluding hydrogens is 126 g/mol. The molecule has 1 aliphatic carbocycles. The molecule has 2 heteroatoms. The molecule has 0 unspecified atom stereocenters. The molecule has 0 saturated carbocycles. The van der Waals surface area contributed by atoms with Gasteiger partial charge in [-0.3, -0.25) is 9.79 Å². The Labute approximate surface area is 59.6 Å². The summed E-state index contributed by atoms with van der Waals surface area (Å²) in [5, 5.41) is 0. The highest BCUT2D eigenvalue weighted by molar-refractivity contribution is 6.06. The molecule has 10 heavy (non-hydrogen) atoms. The van der Waals surface area contributed by atoms with Crippen LogP contribution in [0.5, 0.6) is 0 Å². The van der Waals surface area contributed by atoms with Gasteiger partial charge in [0, 0.05) is 29.8 Å². The SMILES string of the molecule is CC1=NC2=C(C1)C(=O)CC2. The number of hydrogen-bond donors (Lipinski definition) is 0. The Morgan fingerprint density at radius 3 is 2.90 bits per heavy atom. The summed E-state index contributed by atoms with van der Waals surface area (Å²) in [5.41, 5.74) is 3.14. The third-order valence-electron chi connectivity index (χ3n) is 2.03. The lowest BCUT2D eigenvalue weighted by Gasteiger charge is -1.91. The minimum atomic E-state index is 0.315. The topological polar surface area (TPSA) is 29.4 Å². The Morgan fingerprint density at radius 1 is 1.40 bits per heavy atom. The highest BCUT2D eigenvalue weighted by atomic mass is 16.1. The van der Waals surface area contributed by atoms with Crippen molar-refractivity contribution in [2.24, 2.45) is 4.99 Å². The number of nitrogens with zero attached hydrogens (tertiary/aromatic N) is 1. The van der Waals surface area contributed by atoms with Gasteiger partial charge >= 0.3 is 0 Å². The molecule has 0 spiro atoms. The van der Waals surface area contributed by atoms with Gasteiger partial charge in [-0.2, -0.15) is 0 Å². The highest BCUT2D eigenvalue weighted by Crippen LogP contribution is 2.31. The van der Waals surface area contributed by atoms with Crippen molar-refractivity contribution >= 4 is 11.5 Å². The second-order valence-corrected chi connectivity index (χ2v) is 2.87. The molecule has 0 fully saturated rings. The molecule has 1 heterocycles. The molecule has 2 nitrogen and oxygen atoms in total. The lowest BCUT2D eigenvalue weighted by Crippen LogP contribution is -1.97. The van der Waals surface area contributed by atoms with Crippen LogP contribution in [-0.2, 0) is 4.79 Å². The van der Waals surface area contributed by atoms with Crippen molar-refractivity contribution in [3.8, 4) is 0 Å². The van der Waals surface area contributed by atoms with Gasteiger partial charge in [0.25, 0.3) is 0 Å². The molecule has 0 radical (unpaired) electrons. The Balaban J connectivity index is 2.36. The van der Waals surface area contributed by atoms with Gasteiger partial charge in [0.05, 0.1) is 0 Å². The number of aliphatic imine (C=N–C) groups is 1. The maximum Gasteiger partial charge on any atom is 0.161 e. The molecule has 0 bridgehead atoms. The van der Waals surface area contributed by atoms with Gasteiger partial charge < -0.3 is 0 Å². The Bertz CT molecular complexity index is 260. The van der Waals surface area contributed by atoms with Crippen LogP contribution in [0.4, 0.5) is 0 Å². The van der Waals surface area contributed by atoms with E-state index in [1.54, 1.807) is 0 Å². The van der Waals surface area contributed by atoms with Crippen LogP contribution in [0.25, 0.3) is 0 Å². The van der Waals surface area contributed by atoms with Crippen molar-refractivity contribution in [2.75, 3.05) is 0 Å². The Kier molecular flexibility index (Phi) is 1.04. The normalized spacial score (nSPS) is 23.7. The van der Waals surface area contributed by atoms with Gasteiger partial charge in [-0.05, 0) is 13.3 Å². The monoisotopic (exact) mass is 135 g/mol. The van der Waals surface area contributed by atoms with Gasteiger partial charge in [-0.1, -0.05) is 0 Å². The fourth-order valence-electron chi connectivity index (χ4n) is 1.54. The maximum absolute atomic E-state index is 11.1. The minimum absolute atomic E-state index is 0.315. The molecule has 0 N–H and O–H groups in total. The van der Waals surface area contributed by atoms with Crippen LogP contribution < -0.4 is 0 Å². The van der Waals surface area contributed by atoms with E-state index in [2.05, 4.69) is 4.99 Å². The van der Waals surface area contributed by atoms with Crippen LogP contribution in [0.3, 0.4) is 0 Å². The van der Waals surface area contributed by atoms with Crippen LogP contribution in [0.2, 0.25) is 0 Å². The zero-order chi connectivity index (χ0) is 7.14. The van der Waals surface area contributed by atoms with E-state index in [1.807, 2.05) is 6.92 Å². The first-order valence-electron chi connectivity index (χ1n) is 3.57. The predicted molar refractivity (Wildman–Crippen MR) is 39.0 cm³/mol. The fourth-order valence-corrected chi connectivity index (χ4v) is 1.54.